The van der Waals surface area contributed by atoms with Crippen molar-refractivity contribution >= 4 is 35.1 Å². The van der Waals surface area contributed by atoms with Gasteiger partial charge in [0.25, 0.3) is 0 Å². The first-order chi connectivity index (χ1) is 12.6. The van der Waals surface area contributed by atoms with Crippen LogP contribution in [0.5, 0.6) is 0 Å². The standard InChI is InChI=1S/C20H18Cl2F3NO/c1-4-5-13(8-15-16(21)9-26-17(10-27)19(15)22)18-11(2)6-14(7-12(18)3)20(23,24)25/h5-7,9-10H,4,8H2,1-3H3/b13-5-. The molecule has 0 fully saturated rings. The summed E-state index contributed by atoms with van der Waals surface area (Å²) < 4.78 is 39.2. The third-order valence-corrected chi connectivity index (χ3v) is 4.95. The van der Waals surface area contributed by atoms with Crippen LogP contribution in [-0.2, 0) is 12.6 Å². The first-order valence-electron chi connectivity index (χ1n) is 8.26. The molecule has 2 rings (SSSR count). The minimum absolute atomic E-state index is 0.0766. The van der Waals surface area contributed by atoms with Gasteiger partial charge in [0, 0.05) is 12.6 Å². The number of aldehydes is 1. The summed E-state index contributed by atoms with van der Waals surface area (Å²) in [6.07, 6.45) is 0.371. The molecule has 1 aromatic heterocycles. The van der Waals surface area contributed by atoms with Crippen LogP contribution in [0.4, 0.5) is 13.2 Å². The summed E-state index contributed by atoms with van der Waals surface area (Å²) in [5.41, 5.74) is 2.47. The number of carbonyl (C=O) groups is 1. The summed E-state index contributed by atoms with van der Waals surface area (Å²) in [5.74, 6) is 0. The van der Waals surface area contributed by atoms with Gasteiger partial charge in [0.1, 0.15) is 5.69 Å². The molecule has 2 nitrogen and oxygen atoms in total. The molecular weight excluding hydrogens is 398 g/mol. The number of aromatic nitrogens is 1. The summed E-state index contributed by atoms with van der Waals surface area (Å²) in [5, 5.41) is 0.455. The summed E-state index contributed by atoms with van der Waals surface area (Å²) in [6.45, 7) is 5.22. The summed E-state index contributed by atoms with van der Waals surface area (Å²) in [6, 6.07) is 2.27. The van der Waals surface area contributed by atoms with Crippen molar-refractivity contribution in [3.05, 3.63) is 68.0 Å². The molecule has 0 atom stereocenters. The van der Waals surface area contributed by atoms with Gasteiger partial charge in [-0.25, -0.2) is 0 Å². The first kappa shape index (κ1) is 21.5. The molecule has 2 aromatic rings. The molecule has 1 heterocycles. The van der Waals surface area contributed by atoms with Gasteiger partial charge in [0.2, 0.25) is 0 Å². The summed E-state index contributed by atoms with van der Waals surface area (Å²) in [7, 11) is 0. The topological polar surface area (TPSA) is 30.0 Å². The van der Waals surface area contributed by atoms with E-state index in [4.69, 9.17) is 23.2 Å². The zero-order valence-electron chi connectivity index (χ0n) is 15.0. The number of halogens is 5. The zero-order chi connectivity index (χ0) is 20.4. The van der Waals surface area contributed by atoms with Gasteiger partial charge in [0.15, 0.2) is 6.29 Å². The first-order valence-corrected chi connectivity index (χ1v) is 9.01. The Morgan fingerprint density at radius 3 is 2.26 bits per heavy atom. The fraction of sp³-hybridized carbons (Fsp3) is 0.300. The van der Waals surface area contributed by atoms with E-state index in [1.165, 1.54) is 6.20 Å². The van der Waals surface area contributed by atoms with Crippen molar-refractivity contribution in [2.75, 3.05) is 0 Å². The predicted octanol–water partition coefficient (Wildman–Crippen LogP) is 6.87. The van der Waals surface area contributed by atoms with Crippen LogP contribution in [0.1, 0.15) is 51.7 Å². The van der Waals surface area contributed by atoms with E-state index in [9.17, 15) is 18.0 Å². The lowest BCUT2D eigenvalue weighted by atomic mass is 9.89. The van der Waals surface area contributed by atoms with Crippen LogP contribution in [0.15, 0.2) is 24.4 Å². The molecule has 0 unspecified atom stereocenters. The Balaban J connectivity index is 2.59. The smallest absolute Gasteiger partial charge is 0.296 e. The van der Waals surface area contributed by atoms with Gasteiger partial charge in [-0.15, -0.1) is 0 Å². The Hall–Kier alpha value is -1.85. The Morgan fingerprint density at radius 2 is 1.78 bits per heavy atom. The maximum atomic E-state index is 13.1. The van der Waals surface area contributed by atoms with E-state index in [2.05, 4.69) is 4.98 Å². The second kappa shape index (κ2) is 8.44. The van der Waals surface area contributed by atoms with Crippen LogP contribution in [0.3, 0.4) is 0 Å². The highest BCUT2D eigenvalue weighted by Crippen LogP contribution is 2.37. The second-order valence-electron chi connectivity index (χ2n) is 6.20. The van der Waals surface area contributed by atoms with Crippen LogP contribution < -0.4 is 0 Å². The van der Waals surface area contributed by atoms with Gasteiger partial charge in [-0.1, -0.05) is 36.2 Å². The number of pyridine rings is 1. The molecule has 0 amide bonds. The molecule has 0 aliphatic rings. The molecular formula is C20H18Cl2F3NO. The normalized spacial score (nSPS) is 12.4. The molecule has 144 valence electrons. The molecule has 0 aliphatic heterocycles. The van der Waals surface area contributed by atoms with Crippen molar-refractivity contribution in [1.82, 2.24) is 4.98 Å². The van der Waals surface area contributed by atoms with Gasteiger partial charge in [0.05, 0.1) is 15.6 Å². The van der Waals surface area contributed by atoms with Crippen LogP contribution in [0.2, 0.25) is 10.0 Å². The average molecular weight is 416 g/mol. The molecule has 0 bridgehead atoms. The van der Waals surface area contributed by atoms with Gasteiger partial charge in [-0.2, -0.15) is 13.2 Å². The predicted molar refractivity (Wildman–Crippen MR) is 103 cm³/mol. The number of allylic oxidation sites excluding steroid dienone is 2. The van der Waals surface area contributed by atoms with E-state index in [1.807, 2.05) is 13.0 Å². The number of rotatable bonds is 5. The third kappa shape index (κ3) is 4.71. The highest BCUT2D eigenvalue weighted by Gasteiger charge is 2.31. The van der Waals surface area contributed by atoms with Gasteiger partial charge in [-0.3, -0.25) is 9.78 Å². The zero-order valence-corrected chi connectivity index (χ0v) is 16.6. The fourth-order valence-corrected chi connectivity index (χ4v) is 3.62. The Labute approximate surface area is 166 Å². The van der Waals surface area contributed by atoms with Crippen LogP contribution in [-0.4, -0.2) is 11.3 Å². The molecule has 0 N–H and O–H groups in total. The molecule has 1 aromatic carbocycles. The van der Waals surface area contributed by atoms with Crippen molar-refractivity contribution in [2.24, 2.45) is 0 Å². The minimum atomic E-state index is -4.40. The van der Waals surface area contributed by atoms with E-state index in [0.29, 0.717) is 34.4 Å². The highest BCUT2D eigenvalue weighted by atomic mass is 35.5. The molecule has 0 spiro atoms. The van der Waals surface area contributed by atoms with Crippen LogP contribution >= 0.6 is 23.2 Å². The Kier molecular flexibility index (Phi) is 6.71. The largest absolute Gasteiger partial charge is 0.416 e. The number of benzene rings is 1. The second-order valence-corrected chi connectivity index (χ2v) is 6.98. The number of carbonyl (C=O) groups excluding carboxylic acids is 1. The van der Waals surface area contributed by atoms with E-state index in [-0.39, 0.29) is 17.1 Å². The lowest BCUT2D eigenvalue weighted by Gasteiger charge is -2.18. The lowest BCUT2D eigenvalue weighted by molar-refractivity contribution is -0.137. The summed E-state index contributed by atoms with van der Waals surface area (Å²) in [4.78, 5) is 15.0. The molecule has 7 heteroatoms. The van der Waals surface area contributed by atoms with Crippen molar-refractivity contribution < 1.29 is 18.0 Å². The molecule has 27 heavy (non-hydrogen) atoms. The monoisotopic (exact) mass is 415 g/mol. The number of aryl methyl sites for hydroxylation is 2. The van der Waals surface area contributed by atoms with Crippen molar-refractivity contribution in [1.29, 1.82) is 0 Å². The van der Waals surface area contributed by atoms with Crippen molar-refractivity contribution in [2.45, 2.75) is 39.8 Å². The molecule has 0 saturated carbocycles. The van der Waals surface area contributed by atoms with E-state index >= 15 is 0 Å². The molecule has 0 radical (unpaired) electrons. The van der Waals surface area contributed by atoms with Crippen LogP contribution in [0, 0.1) is 13.8 Å². The fourth-order valence-electron chi connectivity index (χ4n) is 3.10. The van der Waals surface area contributed by atoms with E-state index in [1.54, 1.807) is 13.8 Å². The van der Waals surface area contributed by atoms with E-state index < -0.39 is 11.7 Å². The van der Waals surface area contributed by atoms with Gasteiger partial charge in [-0.05, 0) is 60.2 Å². The van der Waals surface area contributed by atoms with Gasteiger partial charge >= 0.3 is 6.18 Å². The Bertz CT molecular complexity index is 882. The number of hydrogen-bond acceptors (Lipinski definition) is 2. The van der Waals surface area contributed by atoms with Crippen LogP contribution in [0.25, 0.3) is 5.57 Å². The SMILES string of the molecule is CC/C=C(/Cc1c(Cl)cnc(C=O)c1Cl)c1c(C)cc(C(F)(F)F)cc1C. The molecule has 0 saturated heterocycles. The Morgan fingerprint density at radius 1 is 1.19 bits per heavy atom. The van der Waals surface area contributed by atoms with Crippen molar-refractivity contribution in [3.8, 4) is 0 Å². The number of hydrogen-bond donors (Lipinski definition) is 0. The van der Waals surface area contributed by atoms with Gasteiger partial charge < -0.3 is 0 Å². The highest BCUT2D eigenvalue weighted by molar-refractivity contribution is 6.37. The number of alkyl halides is 3. The quantitative estimate of drug-likeness (QED) is 0.498. The van der Waals surface area contributed by atoms with E-state index in [0.717, 1.165) is 23.3 Å². The third-order valence-electron chi connectivity index (χ3n) is 4.21. The minimum Gasteiger partial charge on any atom is -0.296 e. The summed E-state index contributed by atoms with van der Waals surface area (Å²) >= 11 is 12.5. The maximum absolute atomic E-state index is 13.1. The maximum Gasteiger partial charge on any atom is 0.416 e. The number of nitrogens with zero attached hydrogens (tertiary/aromatic N) is 1. The van der Waals surface area contributed by atoms with Crippen molar-refractivity contribution in [3.63, 3.8) is 0 Å². The molecule has 0 aliphatic carbocycles. The lowest BCUT2D eigenvalue weighted by Crippen LogP contribution is -2.08. The average Bonchev–Trinajstić information content (AvgIpc) is 2.57.